The number of furan rings is 1. The number of rotatable bonds is 6. The van der Waals surface area contributed by atoms with Gasteiger partial charge in [-0.3, -0.25) is 4.90 Å². The summed E-state index contributed by atoms with van der Waals surface area (Å²) in [5, 5.41) is 8.11. The molecule has 6 nitrogen and oxygen atoms in total. The van der Waals surface area contributed by atoms with Gasteiger partial charge in [-0.05, 0) is 38.1 Å². The Hall–Kier alpha value is -0.890. The van der Waals surface area contributed by atoms with Crippen molar-refractivity contribution >= 4 is 10.0 Å². The standard InChI is InChI=1S/C12H21N3O3S/c1-2-15-7-3-4-10(15)8-14-9-11-5-6-12(18-11)19(13,16)17/h5-6,10,14H,2-4,7-9H2,1H3,(H2,13,16,17). The van der Waals surface area contributed by atoms with Crippen LogP contribution >= 0.6 is 0 Å². The topological polar surface area (TPSA) is 88.6 Å². The Bertz CT molecular complexity index is 512. The van der Waals surface area contributed by atoms with Crippen LogP contribution in [0, 0.1) is 0 Å². The number of hydrogen-bond acceptors (Lipinski definition) is 5. The first-order valence-corrected chi connectivity index (χ1v) is 8.11. The second-order valence-electron chi connectivity index (χ2n) is 4.82. The van der Waals surface area contributed by atoms with Crippen LogP contribution in [0.3, 0.4) is 0 Å². The monoisotopic (exact) mass is 287 g/mol. The maximum absolute atomic E-state index is 11.1. The molecule has 1 aliphatic heterocycles. The summed E-state index contributed by atoms with van der Waals surface area (Å²) in [6.45, 7) is 5.81. The number of nitrogens with two attached hydrogens (primary N) is 1. The minimum atomic E-state index is -3.74. The second kappa shape index (κ2) is 6.04. The molecule has 7 heteroatoms. The third-order valence-electron chi connectivity index (χ3n) is 3.50. The van der Waals surface area contributed by atoms with Gasteiger partial charge in [-0.15, -0.1) is 0 Å². The molecule has 0 spiro atoms. The Balaban J connectivity index is 1.81. The Morgan fingerprint density at radius 3 is 2.95 bits per heavy atom. The molecule has 0 aliphatic carbocycles. The third kappa shape index (κ3) is 3.79. The summed E-state index contributed by atoms with van der Waals surface area (Å²) in [5.74, 6) is 0.588. The normalized spacial score (nSPS) is 21.1. The molecule has 1 fully saturated rings. The molecule has 0 amide bonds. The largest absolute Gasteiger partial charge is 0.447 e. The van der Waals surface area contributed by atoms with Crippen LogP contribution in [0.1, 0.15) is 25.5 Å². The Kier molecular flexibility index (Phi) is 4.62. The van der Waals surface area contributed by atoms with E-state index in [1.165, 1.54) is 25.5 Å². The van der Waals surface area contributed by atoms with Gasteiger partial charge in [-0.2, -0.15) is 0 Å². The number of likely N-dealkylation sites (tertiary alicyclic amines) is 1. The number of sulfonamides is 1. The van der Waals surface area contributed by atoms with Crippen molar-refractivity contribution in [3.63, 3.8) is 0 Å². The van der Waals surface area contributed by atoms with Crippen molar-refractivity contribution < 1.29 is 12.8 Å². The summed E-state index contributed by atoms with van der Waals surface area (Å²) in [5.41, 5.74) is 0. The summed E-state index contributed by atoms with van der Waals surface area (Å²) in [4.78, 5) is 2.45. The van der Waals surface area contributed by atoms with Crippen molar-refractivity contribution in [1.82, 2.24) is 10.2 Å². The summed E-state index contributed by atoms with van der Waals surface area (Å²) < 4.78 is 27.3. The lowest BCUT2D eigenvalue weighted by Gasteiger charge is -2.22. The maximum Gasteiger partial charge on any atom is 0.271 e. The second-order valence-corrected chi connectivity index (χ2v) is 6.31. The SMILES string of the molecule is CCN1CCCC1CNCc1ccc(S(N)(=O)=O)o1. The Morgan fingerprint density at radius 1 is 1.53 bits per heavy atom. The van der Waals surface area contributed by atoms with Crippen LogP contribution in [0.4, 0.5) is 0 Å². The molecule has 1 saturated heterocycles. The maximum atomic E-state index is 11.1. The van der Waals surface area contributed by atoms with Crippen molar-refractivity contribution in [1.29, 1.82) is 0 Å². The van der Waals surface area contributed by atoms with E-state index in [2.05, 4.69) is 17.1 Å². The molecule has 2 rings (SSSR count). The molecular weight excluding hydrogens is 266 g/mol. The van der Waals surface area contributed by atoms with Crippen LogP contribution in [0.15, 0.2) is 21.6 Å². The van der Waals surface area contributed by atoms with Gasteiger partial charge in [0.25, 0.3) is 10.0 Å². The lowest BCUT2D eigenvalue weighted by Crippen LogP contribution is -2.37. The molecule has 1 unspecified atom stereocenters. The van der Waals surface area contributed by atoms with Gasteiger partial charge in [0, 0.05) is 12.6 Å². The Morgan fingerprint density at radius 2 is 2.32 bits per heavy atom. The van der Waals surface area contributed by atoms with Crippen molar-refractivity contribution in [3.8, 4) is 0 Å². The quantitative estimate of drug-likeness (QED) is 0.795. The fourth-order valence-corrected chi connectivity index (χ4v) is 2.99. The zero-order valence-electron chi connectivity index (χ0n) is 11.1. The lowest BCUT2D eigenvalue weighted by atomic mass is 10.2. The van der Waals surface area contributed by atoms with Crippen LogP contribution in [0.5, 0.6) is 0 Å². The molecule has 1 aromatic rings. The summed E-state index contributed by atoms with van der Waals surface area (Å²) in [6.07, 6.45) is 2.46. The zero-order valence-corrected chi connectivity index (χ0v) is 11.9. The number of likely N-dealkylation sites (N-methyl/N-ethyl adjacent to an activating group) is 1. The first-order chi connectivity index (χ1) is 9.00. The molecule has 0 saturated carbocycles. The molecule has 2 heterocycles. The fraction of sp³-hybridized carbons (Fsp3) is 0.667. The molecule has 1 aliphatic rings. The zero-order chi connectivity index (χ0) is 13.9. The van der Waals surface area contributed by atoms with Crippen molar-refractivity contribution in [2.75, 3.05) is 19.6 Å². The van der Waals surface area contributed by atoms with Gasteiger partial charge in [-0.25, -0.2) is 13.6 Å². The molecule has 108 valence electrons. The van der Waals surface area contributed by atoms with Gasteiger partial charge >= 0.3 is 0 Å². The Labute approximate surface area is 114 Å². The number of nitrogens with one attached hydrogen (secondary N) is 1. The van der Waals surface area contributed by atoms with E-state index in [9.17, 15) is 8.42 Å². The predicted molar refractivity (Wildman–Crippen MR) is 72.1 cm³/mol. The minimum Gasteiger partial charge on any atom is -0.447 e. The summed E-state index contributed by atoms with van der Waals surface area (Å²) in [7, 11) is -3.74. The molecular formula is C12H21N3O3S. The van der Waals surface area contributed by atoms with Gasteiger partial charge in [0.2, 0.25) is 5.09 Å². The predicted octanol–water partition coefficient (Wildman–Crippen LogP) is 0.501. The van der Waals surface area contributed by atoms with E-state index in [0.29, 0.717) is 18.3 Å². The summed E-state index contributed by atoms with van der Waals surface area (Å²) >= 11 is 0. The van der Waals surface area contributed by atoms with Gasteiger partial charge in [0.15, 0.2) is 0 Å². The van der Waals surface area contributed by atoms with E-state index in [4.69, 9.17) is 9.56 Å². The average molecular weight is 287 g/mol. The lowest BCUT2D eigenvalue weighted by molar-refractivity contribution is 0.257. The van der Waals surface area contributed by atoms with Gasteiger partial charge in [0.1, 0.15) is 5.76 Å². The first kappa shape index (κ1) is 14.5. The van der Waals surface area contributed by atoms with Gasteiger partial charge in [0.05, 0.1) is 6.54 Å². The van der Waals surface area contributed by atoms with E-state index in [1.54, 1.807) is 6.07 Å². The highest BCUT2D eigenvalue weighted by molar-refractivity contribution is 7.89. The van der Waals surface area contributed by atoms with Gasteiger partial charge in [-0.1, -0.05) is 6.92 Å². The highest BCUT2D eigenvalue weighted by atomic mass is 32.2. The molecule has 1 atom stereocenters. The summed E-state index contributed by atoms with van der Waals surface area (Å²) in [6, 6.07) is 3.59. The highest BCUT2D eigenvalue weighted by Crippen LogP contribution is 2.16. The molecule has 3 N–H and O–H groups in total. The minimum absolute atomic E-state index is 0.180. The number of hydrogen-bond donors (Lipinski definition) is 2. The van der Waals surface area contributed by atoms with E-state index >= 15 is 0 Å². The molecule has 0 bridgehead atoms. The van der Waals surface area contributed by atoms with E-state index in [1.807, 2.05) is 0 Å². The number of primary sulfonamides is 1. The third-order valence-corrected chi connectivity index (χ3v) is 4.28. The van der Waals surface area contributed by atoms with E-state index in [-0.39, 0.29) is 5.09 Å². The molecule has 19 heavy (non-hydrogen) atoms. The van der Waals surface area contributed by atoms with E-state index < -0.39 is 10.0 Å². The van der Waals surface area contributed by atoms with Crippen LogP contribution < -0.4 is 10.5 Å². The number of nitrogens with zero attached hydrogens (tertiary/aromatic N) is 1. The smallest absolute Gasteiger partial charge is 0.271 e. The van der Waals surface area contributed by atoms with Crippen LogP contribution in [0.2, 0.25) is 0 Å². The van der Waals surface area contributed by atoms with Crippen molar-refractivity contribution in [2.24, 2.45) is 5.14 Å². The van der Waals surface area contributed by atoms with Crippen molar-refractivity contribution in [3.05, 3.63) is 17.9 Å². The van der Waals surface area contributed by atoms with Gasteiger partial charge < -0.3 is 9.73 Å². The van der Waals surface area contributed by atoms with Crippen LogP contribution in [0.25, 0.3) is 0 Å². The first-order valence-electron chi connectivity index (χ1n) is 6.57. The van der Waals surface area contributed by atoms with Crippen LogP contribution in [-0.4, -0.2) is 39.0 Å². The van der Waals surface area contributed by atoms with E-state index in [0.717, 1.165) is 13.1 Å². The molecule has 0 radical (unpaired) electrons. The fourth-order valence-electron chi connectivity index (χ4n) is 2.51. The van der Waals surface area contributed by atoms with Crippen molar-refractivity contribution in [2.45, 2.75) is 37.4 Å². The molecule has 0 aromatic carbocycles. The molecule has 1 aromatic heterocycles. The average Bonchev–Trinajstić information content (AvgIpc) is 2.96. The highest BCUT2D eigenvalue weighted by Gasteiger charge is 2.22. The van der Waals surface area contributed by atoms with Crippen LogP contribution in [-0.2, 0) is 16.6 Å².